The fourth-order valence-electron chi connectivity index (χ4n) is 0.599. The number of Topliss-reactive ketones (excluding diaryl/α,β-unsaturated/α-hetero) is 1. The van der Waals surface area contributed by atoms with E-state index in [1.54, 1.807) is 0 Å². The van der Waals surface area contributed by atoms with Gasteiger partial charge in [0.1, 0.15) is 0 Å². The van der Waals surface area contributed by atoms with E-state index in [-0.39, 0.29) is 0 Å². The van der Waals surface area contributed by atoms with Crippen LogP contribution < -0.4 is 0 Å². The van der Waals surface area contributed by atoms with Crippen LogP contribution in [0.1, 0.15) is 19.8 Å². The van der Waals surface area contributed by atoms with E-state index in [9.17, 15) is 4.79 Å². The van der Waals surface area contributed by atoms with Crippen LogP contribution in [0.2, 0.25) is 0 Å². The van der Waals surface area contributed by atoms with Crippen molar-refractivity contribution in [3.63, 3.8) is 0 Å². The highest BCUT2D eigenvalue weighted by molar-refractivity contribution is 6.02. The normalized spacial score (nSPS) is 15.4. The van der Waals surface area contributed by atoms with Crippen molar-refractivity contribution in [1.29, 1.82) is 0 Å². The molecule has 8 heavy (non-hydrogen) atoms. The minimum atomic E-state index is 0.299. The summed E-state index contributed by atoms with van der Waals surface area (Å²) in [6, 6.07) is 0. The molecule has 0 amide bonds. The highest BCUT2D eigenvalue weighted by atomic mass is 16.1. The van der Waals surface area contributed by atoms with Crippen molar-refractivity contribution in [3.8, 4) is 0 Å². The minimum Gasteiger partial charge on any atom is -0.295 e. The quantitative estimate of drug-likeness (QED) is 0.536. The van der Waals surface area contributed by atoms with E-state index in [0.717, 1.165) is 12.0 Å². The molecule has 0 bridgehead atoms. The van der Waals surface area contributed by atoms with Gasteiger partial charge in [0.25, 0.3) is 0 Å². The van der Waals surface area contributed by atoms with E-state index in [4.69, 9.17) is 0 Å². The Bertz CT molecular complexity index is 133. The van der Waals surface area contributed by atoms with Crippen LogP contribution in [-0.4, -0.2) is 5.78 Å². The average molecular weight is 109 g/mol. The molecule has 0 N–H and O–H groups in total. The molecule has 1 rings (SSSR count). The number of carbonyl (C=O) groups excluding carboxylic acids is 1. The van der Waals surface area contributed by atoms with Crippen molar-refractivity contribution in [3.05, 3.63) is 18.1 Å². The van der Waals surface area contributed by atoms with E-state index in [0.29, 0.717) is 12.2 Å². The maximum atomic E-state index is 10.7. The minimum absolute atomic E-state index is 0.299. The van der Waals surface area contributed by atoms with Crippen LogP contribution in [0.5, 0.6) is 0 Å². The monoisotopic (exact) mass is 109 g/mol. The maximum Gasteiger partial charge on any atom is 0.159 e. The number of carbonyl (C=O) groups is 1. The van der Waals surface area contributed by atoms with Crippen LogP contribution in [0.4, 0.5) is 0 Å². The number of hydrogen-bond donors (Lipinski definition) is 0. The van der Waals surface area contributed by atoms with Crippen molar-refractivity contribution >= 4 is 5.78 Å². The third-order valence-corrected chi connectivity index (χ3v) is 1.13. The first-order valence-corrected chi connectivity index (χ1v) is 2.93. The number of allylic oxidation sites excluding steroid dienone is 2. The molecule has 1 radical (unpaired) electrons. The first-order chi connectivity index (χ1) is 3.84. The lowest BCUT2D eigenvalue weighted by atomic mass is 10.2. The summed E-state index contributed by atoms with van der Waals surface area (Å²) in [7, 11) is 0. The van der Waals surface area contributed by atoms with E-state index >= 15 is 0 Å². The Kier molecular flexibility index (Phi) is 1.47. The van der Waals surface area contributed by atoms with E-state index in [1.165, 1.54) is 0 Å². The molecule has 1 aliphatic rings. The first kappa shape index (κ1) is 5.54. The lowest BCUT2D eigenvalue weighted by molar-refractivity contribution is -0.115. The van der Waals surface area contributed by atoms with Gasteiger partial charge in [-0.15, -0.1) is 0 Å². The number of ketones is 1. The second-order valence-electron chi connectivity index (χ2n) is 1.96. The summed E-state index contributed by atoms with van der Waals surface area (Å²) in [4.78, 5) is 10.7. The van der Waals surface area contributed by atoms with Crippen molar-refractivity contribution in [2.75, 3.05) is 0 Å². The van der Waals surface area contributed by atoms with Crippen molar-refractivity contribution in [1.82, 2.24) is 0 Å². The Balaban J connectivity index is 2.24. The molecule has 1 heteroatoms. The molecular weight excluding hydrogens is 100 g/mol. The number of hydrogen-bond acceptors (Lipinski definition) is 1. The second kappa shape index (κ2) is 2.12. The standard InChI is InChI=1S/C7H9O/c1-2-3-7(8)6-4-5-6/h4-5H,2-3H2,1H3. The Morgan fingerprint density at radius 1 is 1.75 bits per heavy atom. The molecule has 43 valence electrons. The molecule has 0 aromatic rings. The molecule has 0 atom stereocenters. The number of rotatable bonds is 3. The van der Waals surface area contributed by atoms with Gasteiger partial charge in [-0.2, -0.15) is 0 Å². The van der Waals surface area contributed by atoms with Crippen LogP contribution in [0.15, 0.2) is 11.6 Å². The van der Waals surface area contributed by atoms with Gasteiger partial charge in [-0.05, 0) is 12.0 Å². The third kappa shape index (κ3) is 1.19. The zero-order valence-electron chi connectivity index (χ0n) is 4.98. The summed E-state index contributed by atoms with van der Waals surface area (Å²) in [6.07, 6.45) is 5.39. The van der Waals surface area contributed by atoms with Gasteiger partial charge in [0.15, 0.2) is 5.78 Å². The zero-order chi connectivity index (χ0) is 5.98. The molecule has 0 saturated carbocycles. The lowest BCUT2D eigenvalue weighted by Gasteiger charge is -1.86. The van der Waals surface area contributed by atoms with E-state index < -0.39 is 0 Å². The topological polar surface area (TPSA) is 17.1 Å². The van der Waals surface area contributed by atoms with Crippen LogP contribution in [0.25, 0.3) is 0 Å². The van der Waals surface area contributed by atoms with Gasteiger partial charge in [0, 0.05) is 12.8 Å². The second-order valence-corrected chi connectivity index (χ2v) is 1.96. The van der Waals surface area contributed by atoms with E-state index in [1.807, 2.05) is 19.4 Å². The van der Waals surface area contributed by atoms with Gasteiger partial charge < -0.3 is 0 Å². The van der Waals surface area contributed by atoms with Crippen molar-refractivity contribution < 1.29 is 4.79 Å². The van der Waals surface area contributed by atoms with Gasteiger partial charge >= 0.3 is 0 Å². The fourth-order valence-corrected chi connectivity index (χ4v) is 0.599. The van der Waals surface area contributed by atoms with Crippen LogP contribution >= 0.6 is 0 Å². The Morgan fingerprint density at radius 3 is 2.75 bits per heavy atom. The van der Waals surface area contributed by atoms with Gasteiger partial charge in [-0.1, -0.05) is 13.0 Å². The summed E-state index contributed by atoms with van der Waals surface area (Å²) in [5.41, 5.74) is 0.923. The molecule has 0 aromatic heterocycles. The fraction of sp³-hybridized carbons (Fsp3) is 0.429. The predicted octanol–water partition coefficient (Wildman–Crippen LogP) is 1.50. The molecule has 0 heterocycles. The zero-order valence-corrected chi connectivity index (χ0v) is 4.98. The van der Waals surface area contributed by atoms with Crippen molar-refractivity contribution in [2.24, 2.45) is 0 Å². The molecule has 0 unspecified atom stereocenters. The molecule has 0 saturated heterocycles. The SMILES string of the molecule is CCCC(=O)C1=C[CH]1. The van der Waals surface area contributed by atoms with Gasteiger partial charge in [0.05, 0.1) is 0 Å². The highest BCUT2D eigenvalue weighted by Gasteiger charge is 2.15. The molecule has 0 spiro atoms. The highest BCUT2D eigenvalue weighted by Crippen LogP contribution is 2.19. The average Bonchev–Trinajstić information content (AvgIpc) is 2.45. The molecule has 0 aliphatic heterocycles. The Labute approximate surface area is 49.4 Å². The Hall–Kier alpha value is -0.590. The van der Waals surface area contributed by atoms with E-state index in [2.05, 4.69) is 0 Å². The van der Waals surface area contributed by atoms with Gasteiger partial charge in [-0.25, -0.2) is 0 Å². The summed E-state index contributed by atoms with van der Waals surface area (Å²) < 4.78 is 0. The molecule has 0 aromatic carbocycles. The first-order valence-electron chi connectivity index (χ1n) is 2.93. The van der Waals surface area contributed by atoms with Gasteiger partial charge in [-0.3, -0.25) is 4.79 Å². The van der Waals surface area contributed by atoms with Crippen molar-refractivity contribution in [2.45, 2.75) is 19.8 Å². The lowest BCUT2D eigenvalue weighted by Crippen LogP contribution is -1.91. The third-order valence-electron chi connectivity index (χ3n) is 1.13. The molecule has 0 fully saturated rings. The largest absolute Gasteiger partial charge is 0.295 e. The summed E-state index contributed by atoms with van der Waals surface area (Å²) >= 11 is 0. The maximum absolute atomic E-state index is 10.7. The summed E-state index contributed by atoms with van der Waals surface area (Å²) in [5, 5.41) is 0. The predicted molar refractivity (Wildman–Crippen MR) is 32.3 cm³/mol. The van der Waals surface area contributed by atoms with Crippen LogP contribution in [0, 0.1) is 6.42 Å². The smallest absolute Gasteiger partial charge is 0.159 e. The van der Waals surface area contributed by atoms with Crippen LogP contribution in [0.3, 0.4) is 0 Å². The summed E-state index contributed by atoms with van der Waals surface area (Å²) in [6.45, 7) is 2.01. The van der Waals surface area contributed by atoms with Gasteiger partial charge in [0.2, 0.25) is 0 Å². The molecule has 1 aliphatic carbocycles. The van der Waals surface area contributed by atoms with Crippen LogP contribution in [-0.2, 0) is 4.79 Å². The molecule has 1 nitrogen and oxygen atoms in total. The Morgan fingerprint density at radius 2 is 2.38 bits per heavy atom. The molecular formula is C7H9O. The summed E-state index contributed by atoms with van der Waals surface area (Å²) in [5.74, 6) is 0.299.